The van der Waals surface area contributed by atoms with Crippen LogP contribution < -0.4 is 10.5 Å². The van der Waals surface area contributed by atoms with Crippen molar-refractivity contribution in [2.75, 3.05) is 12.3 Å². The SMILES string of the molecule is [2H]c1nc(OC([2H])([2H])C([2H])([2H])[2H])c([2H])c([2H])c1N. The monoisotopic (exact) mass is 146 g/mol. The fourth-order valence-corrected chi connectivity index (χ4v) is 0.384. The second-order valence-electron chi connectivity index (χ2n) is 1.40. The van der Waals surface area contributed by atoms with Gasteiger partial charge in [-0.05, 0) is 12.9 Å². The van der Waals surface area contributed by atoms with E-state index >= 15 is 0 Å². The molecule has 3 nitrogen and oxygen atoms in total. The third-order valence-corrected chi connectivity index (χ3v) is 0.730. The summed E-state index contributed by atoms with van der Waals surface area (Å²) in [4.78, 5) is 3.35. The lowest BCUT2D eigenvalue weighted by Crippen LogP contribution is -1.94. The summed E-state index contributed by atoms with van der Waals surface area (Å²) in [5, 5.41) is 0. The molecular weight excluding hydrogens is 128 g/mol. The molecule has 1 rings (SSSR count). The Hall–Kier alpha value is -1.25. The molecule has 1 aromatic heterocycles. The number of nitrogen functional groups attached to an aromatic ring is 1. The smallest absolute Gasteiger partial charge is 0.213 e. The van der Waals surface area contributed by atoms with Gasteiger partial charge in [0.05, 0.1) is 25.3 Å². The van der Waals surface area contributed by atoms with Gasteiger partial charge in [0, 0.05) is 10.2 Å². The van der Waals surface area contributed by atoms with E-state index in [1.54, 1.807) is 0 Å². The number of aromatic nitrogens is 1. The van der Waals surface area contributed by atoms with Crippen molar-refractivity contribution in [1.82, 2.24) is 4.98 Å². The summed E-state index contributed by atoms with van der Waals surface area (Å²) in [5.41, 5.74) is 4.92. The number of hydrogen-bond donors (Lipinski definition) is 1. The standard InChI is InChI=1S/C7H10N2O/c1-2-10-7-4-3-6(8)5-9-7/h3-5H,2,8H2,1H3/i1D3,2D2,3D,4D,5D. The van der Waals surface area contributed by atoms with Gasteiger partial charge < -0.3 is 10.5 Å². The highest BCUT2D eigenvalue weighted by Crippen LogP contribution is 2.07. The van der Waals surface area contributed by atoms with Crippen molar-refractivity contribution in [2.45, 2.75) is 6.85 Å². The van der Waals surface area contributed by atoms with Crippen LogP contribution in [0.5, 0.6) is 5.88 Å². The van der Waals surface area contributed by atoms with Crippen LogP contribution in [0.4, 0.5) is 5.69 Å². The quantitative estimate of drug-likeness (QED) is 0.678. The van der Waals surface area contributed by atoms with Crippen molar-refractivity contribution in [1.29, 1.82) is 0 Å². The molecule has 0 fully saturated rings. The molecule has 0 aliphatic carbocycles. The number of ether oxygens (including phenoxy) is 1. The minimum absolute atomic E-state index is 0.359. The van der Waals surface area contributed by atoms with Gasteiger partial charge in [-0.1, -0.05) is 0 Å². The molecule has 54 valence electrons. The van der Waals surface area contributed by atoms with Crippen LogP contribution in [-0.4, -0.2) is 11.5 Å². The first-order chi connectivity index (χ1) is 7.97. The predicted octanol–water partition coefficient (Wildman–Crippen LogP) is 1.06. The molecule has 10 heavy (non-hydrogen) atoms. The third kappa shape index (κ3) is 1.62. The Balaban J connectivity index is 3.22. The lowest BCUT2D eigenvalue weighted by atomic mass is 10.4. The van der Waals surface area contributed by atoms with Crippen LogP contribution in [0, 0.1) is 0 Å². The topological polar surface area (TPSA) is 48.1 Å². The van der Waals surface area contributed by atoms with E-state index in [4.69, 9.17) is 16.7 Å². The lowest BCUT2D eigenvalue weighted by Gasteiger charge is -1.99. The van der Waals surface area contributed by atoms with Crippen LogP contribution in [-0.2, 0) is 0 Å². The highest BCUT2D eigenvalue weighted by atomic mass is 16.5. The van der Waals surface area contributed by atoms with Crippen LogP contribution in [0.3, 0.4) is 0 Å². The normalized spacial score (nSPS) is 23.6. The molecule has 1 aromatic rings. The zero-order valence-electron chi connectivity index (χ0n) is 12.9. The number of pyridine rings is 1. The molecule has 0 saturated carbocycles. The predicted molar refractivity (Wildman–Crippen MR) is 39.8 cm³/mol. The second kappa shape index (κ2) is 3.06. The van der Waals surface area contributed by atoms with Crippen molar-refractivity contribution in [2.24, 2.45) is 0 Å². The van der Waals surface area contributed by atoms with Crippen LogP contribution >= 0.6 is 0 Å². The maximum Gasteiger partial charge on any atom is 0.213 e. The van der Waals surface area contributed by atoms with Crippen molar-refractivity contribution in [3.8, 4) is 5.88 Å². The highest BCUT2D eigenvalue weighted by molar-refractivity contribution is 5.35. The fraction of sp³-hybridized carbons (Fsp3) is 0.286. The molecule has 0 saturated heterocycles. The molecular formula is C7H10N2O. The van der Waals surface area contributed by atoms with Crippen molar-refractivity contribution >= 4 is 5.69 Å². The lowest BCUT2D eigenvalue weighted by molar-refractivity contribution is 0.327. The van der Waals surface area contributed by atoms with Gasteiger partial charge in [-0.2, -0.15) is 0 Å². The zero-order chi connectivity index (χ0) is 14.3. The van der Waals surface area contributed by atoms with Crippen LogP contribution in [0.25, 0.3) is 0 Å². The number of anilines is 1. The van der Waals surface area contributed by atoms with E-state index < -0.39 is 37.5 Å². The van der Waals surface area contributed by atoms with Crippen molar-refractivity contribution in [3.63, 3.8) is 0 Å². The van der Waals surface area contributed by atoms with Gasteiger partial charge in [-0.25, -0.2) is 4.98 Å². The van der Waals surface area contributed by atoms with Gasteiger partial charge in [0.15, 0.2) is 0 Å². The van der Waals surface area contributed by atoms with Crippen molar-refractivity contribution in [3.05, 3.63) is 18.3 Å². The average molecular weight is 146 g/mol. The van der Waals surface area contributed by atoms with E-state index in [0.29, 0.717) is 0 Å². The van der Waals surface area contributed by atoms with E-state index in [-0.39, 0.29) is 5.69 Å². The number of nitrogens with two attached hydrogens (primary N) is 1. The van der Waals surface area contributed by atoms with Gasteiger partial charge in [0.1, 0.15) is 0 Å². The summed E-state index contributed by atoms with van der Waals surface area (Å²) < 4.78 is 61.8. The molecule has 1 heterocycles. The highest BCUT2D eigenvalue weighted by Gasteiger charge is 1.90. The molecule has 0 unspecified atom stereocenters. The van der Waals surface area contributed by atoms with Gasteiger partial charge >= 0.3 is 0 Å². The molecule has 0 amide bonds. The summed E-state index contributed by atoms with van der Waals surface area (Å²) in [6.07, 6.45) is -0.577. The van der Waals surface area contributed by atoms with E-state index in [1.807, 2.05) is 0 Å². The Morgan fingerprint density at radius 1 is 2.00 bits per heavy atom. The molecule has 0 aliphatic heterocycles. The number of nitrogens with zero attached hydrogens (tertiary/aromatic N) is 1. The minimum Gasteiger partial charge on any atom is -0.478 e. The molecule has 0 bridgehead atoms. The summed E-state index contributed by atoms with van der Waals surface area (Å²) in [5.74, 6) is -0.750. The maximum atomic E-state index is 7.43. The van der Waals surface area contributed by atoms with E-state index in [1.165, 1.54) is 0 Å². The first-order valence-corrected chi connectivity index (χ1v) is 2.39. The van der Waals surface area contributed by atoms with Crippen molar-refractivity contribution < 1.29 is 15.7 Å². The number of hydrogen-bond acceptors (Lipinski definition) is 3. The largest absolute Gasteiger partial charge is 0.478 e. The average Bonchev–Trinajstić information content (AvgIpc) is 2.21. The molecule has 3 heteroatoms. The second-order valence-corrected chi connectivity index (χ2v) is 1.40. The summed E-state index contributed by atoms with van der Waals surface area (Å²) >= 11 is 0. The Morgan fingerprint density at radius 2 is 2.90 bits per heavy atom. The van der Waals surface area contributed by atoms with Gasteiger partial charge in [0.2, 0.25) is 5.88 Å². The Labute approximate surface area is 71.1 Å². The Kier molecular flexibility index (Phi) is 0.572. The molecule has 0 aromatic carbocycles. The van der Waals surface area contributed by atoms with Crippen LogP contribution in [0.2, 0.25) is 0 Å². The molecule has 0 radical (unpaired) electrons. The van der Waals surface area contributed by atoms with Gasteiger partial charge in [-0.3, -0.25) is 0 Å². The Bertz CT molecular complexity index is 471. The number of rotatable bonds is 2. The van der Waals surface area contributed by atoms with E-state index in [0.717, 1.165) is 0 Å². The summed E-state index contributed by atoms with van der Waals surface area (Å²) in [6, 6.07) is -1.23. The summed E-state index contributed by atoms with van der Waals surface area (Å²) in [7, 11) is 0. The Morgan fingerprint density at radius 3 is 3.70 bits per heavy atom. The van der Waals surface area contributed by atoms with Gasteiger partial charge in [0.25, 0.3) is 0 Å². The first kappa shape index (κ1) is 1.87. The van der Waals surface area contributed by atoms with E-state index in [9.17, 15) is 0 Å². The molecule has 0 spiro atoms. The summed E-state index contributed by atoms with van der Waals surface area (Å²) in [6.45, 7) is -6.17. The first-order valence-electron chi connectivity index (χ1n) is 6.39. The molecule has 2 N–H and O–H groups in total. The minimum atomic E-state index is -3.09. The zero-order valence-corrected chi connectivity index (χ0v) is 4.93. The molecule has 0 atom stereocenters. The maximum absolute atomic E-state index is 7.43. The van der Waals surface area contributed by atoms with Gasteiger partial charge in [-0.15, -0.1) is 0 Å². The van der Waals surface area contributed by atoms with Crippen LogP contribution in [0.1, 0.15) is 17.8 Å². The third-order valence-electron chi connectivity index (χ3n) is 0.730. The van der Waals surface area contributed by atoms with E-state index in [2.05, 4.69) is 9.72 Å². The van der Waals surface area contributed by atoms with Crippen LogP contribution in [0.15, 0.2) is 18.3 Å². The fourth-order valence-electron chi connectivity index (χ4n) is 0.384. The molecule has 0 aliphatic rings.